The van der Waals surface area contributed by atoms with Crippen molar-refractivity contribution in [1.29, 1.82) is 0 Å². The van der Waals surface area contributed by atoms with Gasteiger partial charge < -0.3 is 13.9 Å². The molecule has 0 fully saturated rings. The Morgan fingerprint density at radius 1 is 0.393 bits per heavy atom. The van der Waals surface area contributed by atoms with Crippen LogP contribution in [0.5, 0.6) is 0 Å². The van der Waals surface area contributed by atoms with E-state index < -0.39 is 0 Å². The van der Waals surface area contributed by atoms with Gasteiger partial charge in [-0.3, -0.25) is 0 Å². The van der Waals surface area contributed by atoms with E-state index in [1.807, 2.05) is 12.1 Å². The van der Waals surface area contributed by atoms with Gasteiger partial charge in [-0.1, -0.05) is 133 Å². The molecule has 0 radical (unpaired) electrons. The first-order valence-electron chi connectivity index (χ1n) is 20.7. The van der Waals surface area contributed by atoms with E-state index in [0.29, 0.717) is 5.71 Å². The number of pyridine rings is 1. The molecule has 0 aliphatic rings. The molecule has 4 nitrogen and oxygen atoms in total. The average molecular weight is 780 g/mol. The van der Waals surface area contributed by atoms with E-state index in [-0.39, 0.29) is 0 Å². The molecule has 4 heteroatoms. The van der Waals surface area contributed by atoms with E-state index in [9.17, 15) is 0 Å². The predicted molar refractivity (Wildman–Crippen MR) is 254 cm³/mol. The average Bonchev–Trinajstić information content (AvgIpc) is 3.87. The standard InChI is InChI=1S/C57H37N3O/c1-2-11-38(12-3-1)39-22-28-45(29-23-39)59(47-32-26-41(27-33-47)49-18-9-21-55-56(49)51-19-10-34-58-57(51)61-55)46-30-24-40(25-31-46)42-15-8-16-48(35-42)60-53-20-7-6-17-50(53)52-36-43-13-4-5-14-44(43)37-54(52)60/h1-37H. The number of para-hydroxylation sites is 1. The minimum atomic E-state index is 0.655. The van der Waals surface area contributed by atoms with Gasteiger partial charge in [0.15, 0.2) is 0 Å². The van der Waals surface area contributed by atoms with E-state index in [0.717, 1.165) is 61.4 Å². The van der Waals surface area contributed by atoms with Crippen LogP contribution in [-0.4, -0.2) is 9.55 Å². The van der Waals surface area contributed by atoms with E-state index in [4.69, 9.17) is 4.42 Å². The number of aromatic nitrogens is 2. The quantitative estimate of drug-likeness (QED) is 0.162. The van der Waals surface area contributed by atoms with Gasteiger partial charge in [-0.2, -0.15) is 0 Å². The van der Waals surface area contributed by atoms with Gasteiger partial charge in [-0.15, -0.1) is 0 Å². The van der Waals surface area contributed by atoms with Crippen molar-refractivity contribution in [3.05, 3.63) is 225 Å². The Hall–Kier alpha value is -8.21. The van der Waals surface area contributed by atoms with Crippen LogP contribution in [0.2, 0.25) is 0 Å². The smallest absolute Gasteiger partial charge is 0.227 e. The van der Waals surface area contributed by atoms with Gasteiger partial charge in [0.05, 0.1) is 11.0 Å². The summed E-state index contributed by atoms with van der Waals surface area (Å²) in [6.45, 7) is 0. The Morgan fingerprint density at radius 3 is 1.74 bits per heavy atom. The molecule has 0 amide bonds. The topological polar surface area (TPSA) is 34.2 Å². The lowest BCUT2D eigenvalue weighted by molar-refractivity contribution is 0.654. The molecule has 9 aromatic carbocycles. The van der Waals surface area contributed by atoms with Crippen molar-refractivity contribution in [3.8, 4) is 39.1 Å². The van der Waals surface area contributed by atoms with Crippen molar-refractivity contribution in [2.45, 2.75) is 0 Å². The van der Waals surface area contributed by atoms with Gasteiger partial charge in [0.1, 0.15) is 5.58 Å². The van der Waals surface area contributed by atoms with Gasteiger partial charge in [0.2, 0.25) is 5.71 Å². The third-order valence-corrected chi connectivity index (χ3v) is 12.0. The molecule has 0 bridgehead atoms. The maximum atomic E-state index is 6.13. The zero-order chi connectivity index (χ0) is 40.3. The molecule has 12 aromatic rings. The van der Waals surface area contributed by atoms with E-state index in [1.54, 1.807) is 6.20 Å². The lowest BCUT2D eigenvalue weighted by Gasteiger charge is -2.26. The Balaban J connectivity index is 0.932. The molecule has 0 unspecified atom stereocenters. The second-order valence-electron chi connectivity index (χ2n) is 15.6. The van der Waals surface area contributed by atoms with Gasteiger partial charge in [0, 0.05) is 50.5 Å². The molecule has 286 valence electrons. The van der Waals surface area contributed by atoms with Crippen molar-refractivity contribution in [3.63, 3.8) is 0 Å². The molecule has 61 heavy (non-hydrogen) atoms. The van der Waals surface area contributed by atoms with Crippen molar-refractivity contribution < 1.29 is 4.42 Å². The Kier molecular flexibility index (Phi) is 8.13. The summed E-state index contributed by atoms with van der Waals surface area (Å²) in [4.78, 5) is 6.81. The van der Waals surface area contributed by atoms with Gasteiger partial charge in [0.25, 0.3) is 0 Å². The molecule has 0 saturated carbocycles. The Labute approximate surface area is 352 Å². The van der Waals surface area contributed by atoms with Crippen molar-refractivity contribution in [2.24, 2.45) is 0 Å². The number of hydrogen-bond acceptors (Lipinski definition) is 3. The van der Waals surface area contributed by atoms with Crippen molar-refractivity contribution >= 4 is 71.7 Å². The summed E-state index contributed by atoms with van der Waals surface area (Å²) < 4.78 is 8.54. The number of anilines is 3. The second-order valence-corrected chi connectivity index (χ2v) is 15.6. The first-order valence-corrected chi connectivity index (χ1v) is 20.7. The zero-order valence-corrected chi connectivity index (χ0v) is 33.1. The summed E-state index contributed by atoms with van der Waals surface area (Å²) in [7, 11) is 0. The number of fused-ring (bicyclic) bond motifs is 7. The van der Waals surface area contributed by atoms with Crippen LogP contribution in [-0.2, 0) is 0 Å². The Morgan fingerprint density at radius 2 is 0.984 bits per heavy atom. The van der Waals surface area contributed by atoms with Crippen molar-refractivity contribution in [1.82, 2.24) is 9.55 Å². The number of nitrogens with zero attached hydrogens (tertiary/aromatic N) is 3. The molecule has 0 atom stereocenters. The van der Waals surface area contributed by atoms with E-state index in [1.165, 1.54) is 43.7 Å². The molecule has 0 spiro atoms. The van der Waals surface area contributed by atoms with Crippen LogP contribution in [0.25, 0.3) is 93.7 Å². The highest BCUT2D eigenvalue weighted by Gasteiger charge is 2.18. The second kappa shape index (κ2) is 14.3. The maximum Gasteiger partial charge on any atom is 0.227 e. The number of hydrogen-bond donors (Lipinski definition) is 0. The van der Waals surface area contributed by atoms with Gasteiger partial charge >= 0.3 is 0 Å². The number of rotatable bonds is 7. The van der Waals surface area contributed by atoms with Gasteiger partial charge in [-0.05, 0) is 129 Å². The third kappa shape index (κ3) is 5.96. The zero-order valence-electron chi connectivity index (χ0n) is 33.1. The summed E-state index contributed by atoms with van der Waals surface area (Å²) in [5, 5.41) is 7.11. The van der Waals surface area contributed by atoms with E-state index in [2.05, 4.69) is 221 Å². The van der Waals surface area contributed by atoms with Crippen LogP contribution in [0.4, 0.5) is 17.1 Å². The van der Waals surface area contributed by atoms with Crippen LogP contribution in [0.1, 0.15) is 0 Å². The molecule has 0 saturated heterocycles. The van der Waals surface area contributed by atoms with Crippen LogP contribution in [0.15, 0.2) is 229 Å². The molecule has 0 aliphatic carbocycles. The summed E-state index contributed by atoms with van der Waals surface area (Å²) in [5.74, 6) is 0. The summed E-state index contributed by atoms with van der Waals surface area (Å²) >= 11 is 0. The summed E-state index contributed by atoms with van der Waals surface area (Å²) in [6, 6.07) is 78.4. The van der Waals surface area contributed by atoms with Crippen LogP contribution < -0.4 is 4.90 Å². The fraction of sp³-hybridized carbons (Fsp3) is 0. The lowest BCUT2D eigenvalue weighted by atomic mass is 9.99. The first kappa shape index (κ1) is 34.8. The minimum absolute atomic E-state index is 0.655. The number of benzene rings is 9. The highest BCUT2D eigenvalue weighted by Crippen LogP contribution is 2.41. The third-order valence-electron chi connectivity index (χ3n) is 12.0. The largest absolute Gasteiger partial charge is 0.438 e. The normalized spacial score (nSPS) is 11.6. The molecule has 12 rings (SSSR count). The maximum absolute atomic E-state index is 6.13. The summed E-state index contributed by atoms with van der Waals surface area (Å²) in [6.07, 6.45) is 1.78. The molecular formula is C57H37N3O. The molecule has 3 heterocycles. The highest BCUT2D eigenvalue weighted by atomic mass is 16.3. The van der Waals surface area contributed by atoms with Crippen LogP contribution in [0.3, 0.4) is 0 Å². The number of furan rings is 1. The summed E-state index contributed by atoms with van der Waals surface area (Å²) in [5.41, 5.74) is 15.2. The minimum Gasteiger partial charge on any atom is -0.438 e. The molecule has 3 aromatic heterocycles. The predicted octanol–water partition coefficient (Wildman–Crippen LogP) is 15.7. The monoisotopic (exact) mass is 779 g/mol. The first-order chi connectivity index (χ1) is 30.2. The Bertz CT molecular complexity index is 3570. The van der Waals surface area contributed by atoms with E-state index >= 15 is 0 Å². The fourth-order valence-corrected chi connectivity index (χ4v) is 9.13. The van der Waals surface area contributed by atoms with Crippen molar-refractivity contribution in [2.75, 3.05) is 4.90 Å². The van der Waals surface area contributed by atoms with Crippen LogP contribution in [0, 0.1) is 0 Å². The van der Waals surface area contributed by atoms with Crippen LogP contribution >= 0.6 is 0 Å². The SMILES string of the molecule is c1ccc(-c2ccc(N(c3ccc(-c4cccc(-n5c6ccccc6c6cc7ccccc7cc65)c4)cc3)c3ccc(-c4cccc5oc6ncccc6c45)cc3)cc2)cc1. The lowest BCUT2D eigenvalue weighted by Crippen LogP contribution is -2.09. The molecule has 0 aliphatic heterocycles. The molecule has 0 N–H and O–H groups in total. The fourth-order valence-electron chi connectivity index (χ4n) is 9.13. The molecular weight excluding hydrogens is 743 g/mol. The highest BCUT2D eigenvalue weighted by molar-refractivity contribution is 6.14. The van der Waals surface area contributed by atoms with Gasteiger partial charge in [-0.25, -0.2) is 4.98 Å².